The zero-order valence-electron chi connectivity index (χ0n) is 16.5. The van der Waals surface area contributed by atoms with Crippen molar-refractivity contribution in [2.24, 2.45) is 0 Å². The molecule has 0 bridgehead atoms. The van der Waals surface area contributed by atoms with E-state index >= 15 is 0 Å². The number of aromatic nitrogens is 3. The zero-order chi connectivity index (χ0) is 21.1. The van der Waals surface area contributed by atoms with Crippen LogP contribution < -0.4 is 10.9 Å². The number of thioether (sulfide) groups is 1. The Kier molecular flexibility index (Phi) is 5.97. The maximum absolute atomic E-state index is 12.5. The van der Waals surface area contributed by atoms with E-state index in [1.54, 1.807) is 6.92 Å². The van der Waals surface area contributed by atoms with E-state index in [-0.39, 0.29) is 33.4 Å². The predicted molar refractivity (Wildman–Crippen MR) is 112 cm³/mol. The number of ether oxygens (including phenoxy) is 1. The zero-order valence-corrected chi connectivity index (χ0v) is 17.3. The first-order valence-electron chi connectivity index (χ1n) is 8.78. The van der Waals surface area contributed by atoms with Gasteiger partial charge in [-0.2, -0.15) is 0 Å². The minimum Gasteiger partial charge on any atom is -0.465 e. The van der Waals surface area contributed by atoms with Crippen molar-refractivity contribution in [2.75, 3.05) is 18.2 Å². The Labute approximate surface area is 171 Å². The van der Waals surface area contributed by atoms with Gasteiger partial charge in [-0.15, -0.1) is 0 Å². The van der Waals surface area contributed by atoms with Crippen LogP contribution >= 0.6 is 11.8 Å². The SMILES string of the molecule is COC(=O)c1cc(C)nc2nc(SCC(=O)Nc3ccc(C)c(C)c3)[nH]c(=O)c12. The van der Waals surface area contributed by atoms with E-state index in [0.717, 1.165) is 22.9 Å². The number of methoxy groups -OCH3 is 1. The average Bonchev–Trinajstić information content (AvgIpc) is 2.67. The number of nitrogens with one attached hydrogen (secondary N) is 2. The summed E-state index contributed by atoms with van der Waals surface area (Å²) < 4.78 is 4.73. The Morgan fingerprint density at radius 2 is 1.90 bits per heavy atom. The summed E-state index contributed by atoms with van der Waals surface area (Å²) in [6, 6.07) is 7.15. The Morgan fingerprint density at radius 3 is 2.59 bits per heavy atom. The van der Waals surface area contributed by atoms with Crippen molar-refractivity contribution in [1.29, 1.82) is 0 Å². The van der Waals surface area contributed by atoms with Gasteiger partial charge in [-0.05, 0) is 50.1 Å². The maximum Gasteiger partial charge on any atom is 0.338 e. The Balaban J connectivity index is 1.80. The molecule has 3 rings (SSSR count). The molecule has 29 heavy (non-hydrogen) atoms. The number of nitrogens with zero attached hydrogens (tertiary/aromatic N) is 2. The van der Waals surface area contributed by atoms with Gasteiger partial charge < -0.3 is 15.0 Å². The lowest BCUT2D eigenvalue weighted by atomic mass is 10.1. The quantitative estimate of drug-likeness (QED) is 0.376. The summed E-state index contributed by atoms with van der Waals surface area (Å²) in [6.07, 6.45) is 0. The topological polar surface area (TPSA) is 114 Å². The molecule has 0 unspecified atom stereocenters. The van der Waals surface area contributed by atoms with Crippen molar-refractivity contribution in [1.82, 2.24) is 15.0 Å². The summed E-state index contributed by atoms with van der Waals surface area (Å²) in [6.45, 7) is 5.67. The summed E-state index contributed by atoms with van der Waals surface area (Å²) >= 11 is 1.08. The van der Waals surface area contributed by atoms with E-state index in [2.05, 4.69) is 20.3 Å². The number of esters is 1. The predicted octanol–water partition coefficient (Wildman–Crippen LogP) is 2.76. The maximum atomic E-state index is 12.5. The molecule has 8 nitrogen and oxygen atoms in total. The van der Waals surface area contributed by atoms with Crippen LogP contribution in [0.15, 0.2) is 34.2 Å². The van der Waals surface area contributed by atoms with Crippen LogP contribution in [0.3, 0.4) is 0 Å². The fourth-order valence-corrected chi connectivity index (χ4v) is 3.39. The highest BCUT2D eigenvalue weighted by Crippen LogP contribution is 2.19. The summed E-state index contributed by atoms with van der Waals surface area (Å²) in [7, 11) is 1.24. The van der Waals surface area contributed by atoms with E-state index in [0.29, 0.717) is 11.4 Å². The number of hydrogen-bond donors (Lipinski definition) is 2. The number of rotatable bonds is 5. The van der Waals surface area contributed by atoms with Gasteiger partial charge in [0.25, 0.3) is 5.56 Å². The van der Waals surface area contributed by atoms with E-state index in [4.69, 9.17) is 4.74 Å². The van der Waals surface area contributed by atoms with Crippen LogP contribution in [0.4, 0.5) is 5.69 Å². The van der Waals surface area contributed by atoms with Gasteiger partial charge in [0.15, 0.2) is 10.8 Å². The number of fused-ring (bicyclic) bond motifs is 1. The molecule has 2 heterocycles. The molecule has 3 aromatic rings. The number of amides is 1. The third-order valence-corrected chi connectivity index (χ3v) is 5.19. The van der Waals surface area contributed by atoms with Gasteiger partial charge in [0, 0.05) is 11.4 Å². The van der Waals surface area contributed by atoms with Crippen LogP contribution in [0.2, 0.25) is 0 Å². The molecule has 150 valence electrons. The van der Waals surface area contributed by atoms with Crippen molar-refractivity contribution in [3.05, 3.63) is 57.0 Å². The van der Waals surface area contributed by atoms with E-state index in [9.17, 15) is 14.4 Å². The fraction of sp³-hybridized carbons (Fsp3) is 0.250. The summed E-state index contributed by atoms with van der Waals surface area (Å²) in [5.74, 6) is -0.814. The number of anilines is 1. The molecule has 0 atom stereocenters. The highest BCUT2D eigenvalue weighted by molar-refractivity contribution is 7.99. The number of pyridine rings is 1. The van der Waals surface area contributed by atoms with Gasteiger partial charge in [-0.3, -0.25) is 9.59 Å². The second-order valence-electron chi connectivity index (χ2n) is 6.51. The van der Waals surface area contributed by atoms with Gasteiger partial charge in [-0.25, -0.2) is 14.8 Å². The summed E-state index contributed by atoms with van der Waals surface area (Å²) in [5.41, 5.74) is 3.18. The lowest BCUT2D eigenvalue weighted by molar-refractivity contribution is -0.113. The highest BCUT2D eigenvalue weighted by atomic mass is 32.2. The monoisotopic (exact) mass is 412 g/mol. The van der Waals surface area contributed by atoms with Gasteiger partial charge in [0.1, 0.15) is 0 Å². The molecular formula is C20H20N4O4S. The number of carbonyl (C=O) groups excluding carboxylic acids is 2. The first-order chi connectivity index (χ1) is 13.8. The van der Waals surface area contributed by atoms with Crippen LogP contribution in [0.1, 0.15) is 27.2 Å². The second-order valence-corrected chi connectivity index (χ2v) is 7.47. The van der Waals surface area contributed by atoms with Crippen LogP contribution in [-0.2, 0) is 9.53 Å². The van der Waals surface area contributed by atoms with Crippen molar-refractivity contribution in [3.8, 4) is 0 Å². The molecule has 0 saturated carbocycles. The van der Waals surface area contributed by atoms with Crippen LogP contribution in [-0.4, -0.2) is 39.7 Å². The van der Waals surface area contributed by atoms with Crippen molar-refractivity contribution in [2.45, 2.75) is 25.9 Å². The number of carbonyl (C=O) groups is 2. The second kappa shape index (κ2) is 8.44. The molecule has 0 aliphatic carbocycles. The normalized spacial score (nSPS) is 10.8. The van der Waals surface area contributed by atoms with Crippen LogP contribution in [0, 0.1) is 20.8 Å². The molecule has 2 N–H and O–H groups in total. The van der Waals surface area contributed by atoms with Crippen molar-refractivity contribution >= 4 is 40.4 Å². The number of aryl methyl sites for hydroxylation is 3. The molecular weight excluding hydrogens is 392 g/mol. The van der Waals surface area contributed by atoms with E-state index in [1.807, 2.05) is 32.0 Å². The Morgan fingerprint density at radius 1 is 1.14 bits per heavy atom. The molecule has 0 fully saturated rings. The van der Waals surface area contributed by atoms with Gasteiger partial charge in [0.2, 0.25) is 5.91 Å². The number of H-pyrrole nitrogens is 1. The minimum absolute atomic E-state index is 0.0526. The minimum atomic E-state index is -0.638. The standard InChI is InChI=1S/C20H20N4O4S/c1-10-5-6-13(7-11(10)2)22-15(25)9-29-20-23-17-16(18(26)24-20)14(19(27)28-4)8-12(3)21-17/h5-8H,9H2,1-4H3,(H,22,25)(H,21,23,24,26). The molecule has 2 aromatic heterocycles. The molecule has 0 aliphatic rings. The van der Waals surface area contributed by atoms with Gasteiger partial charge >= 0.3 is 5.97 Å². The van der Waals surface area contributed by atoms with Gasteiger partial charge in [0.05, 0.1) is 23.8 Å². The van der Waals surface area contributed by atoms with Crippen molar-refractivity contribution < 1.29 is 14.3 Å². The lowest BCUT2D eigenvalue weighted by Crippen LogP contribution is -2.18. The fourth-order valence-electron chi connectivity index (χ4n) is 2.73. The molecule has 1 amide bonds. The highest BCUT2D eigenvalue weighted by Gasteiger charge is 2.18. The van der Waals surface area contributed by atoms with E-state index in [1.165, 1.54) is 13.2 Å². The molecule has 0 saturated heterocycles. The first kappa shape index (κ1) is 20.5. The number of benzene rings is 1. The summed E-state index contributed by atoms with van der Waals surface area (Å²) in [5, 5.41) is 3.12. The Bertz CT molecular complexity index is 1170. The van der Waals surface area contributed by atoms with Crippen LogP contribution in [0.25, 0.3) is 11.0 Å². The Hall–Kier alpha value is -3.20. The molecule has 1 aromatic carbocycles. The van der Waals surface area contributed by atoms with E-state index < -0.39 is 11.5 Å². The third-order valence-electron chi connectivity index (χ3n) is 4.32. The molecule has 0 aliphatic heterocycles. The number of aromatic amines is 1. The smallest absolute Gasteiger partial charge is 0.338 e. The van der Waals surface area contributed by atoms with Crippen molar-refractivity contribution in [3.63, 3.8) is 0 Å². The number of hydrogen-bond acceptors (Lipinski definition) is 7. The molecule has 9 heteroatoms. The molecule has 0 radical (unpaired) electrons. The van der Waals surface area contributed by atoms with Gasteiger partial charge in [-0.1, -0.05) is 17.8 Å². The first-order valence-corrected chi connectivity index (χ1v) is 9.77. The average molecular weight is 412 g/mol. The lowest BCUT2D eigenvalue weighted by Gasteiger charge is -2.08. The third kappa shape index (κ3) is 4.62. The molecule has 0 spiro atoms. The largest absolute Gasteiger partial charge is 0.465 e. The van der Waals surface area contributed by atoms with Crippen LogP contribution in [0.5, 0.6) is 0 Å². The summed E-state index contributed by atoms with van der Waals surface area (Å²) in [4.78, 5) is 47.8.